The van der Waals surface area contributed by atoms with Crippen LogP contribution in [0.3, 0.4) is 0 Å². The van der Waals surface area contributed by atoms with Crippen molar-refractivity contribution >= 4 is 32.7 Å². The summed E-state index contributed by atoms with van der Waals surface area (Å²) in [6.07, 6.45) is 0. The largest absolute Gasteiger partial charge is 0.456 e. The van der Waals surface area contributed by atoms with Gasteiger partial charge >= 0.3 is 0 Å². The number of furan rings is 1. The Hall–Kier alpha value is -8.08. The predicted molar refractivity (Wildman–Crippen MR) is 245 cm³/mol. The van der Waals surface area contributed by atoms with E-state index in [1.807, 2.05) is 36.4 Å². The number of ether oxygens (including phenoxy) is 1. The first kappa shape index (κ1) is 34.0. The third-order valence-corrected chi connectivity index (χ3v) is 11.7. The molecule has 4 nitrogen and oxygen atoms in total. The van der Waals surface area contributed by atoms with Crippen molar-refractivity contribution in [3.8, 4) is 89.9 Å². The van der Waals surface area contributed by atoms with Gasteiger partial charge in [-0.3, -0.25) is 0 Å². The number of hydrogen-bond donors (Lipinski definition) is 0. The molecule has 1 aliphatic heterocycles. The molecule has 0 unspecified atom stereocenters. The average molecular weight is 767 g/mol. The van der Waals surface area contributed by atoms with Gasteiger partial charge in [-0.15, -0.1) is 0 Å². The van der Waals surface area contributed by atoms with Crippen molar-refractivity contribution in [1.82, 2.24) is 9.97 Å². The van der Waals surface area contributed by atoms with Gasteiger partial charge in [-0.1, -0.05) is 146 Å². The summed E-state index contributed by atoms with van der Waals surface area (Å²) in [6, 6.07) is 72.2. The summed E-state index contributed by atoms with van der Waals surface area (Å²) in [6.45, 7) is 0. The maximum absolute atomic E-state index is 6.66. The van der Waals surface area contributed by atoms with Gasteiger partial charge in [-0.25, -0.2) is 9.97 Å². The molecule has 12 rings (SSSR count). The zero-order valence-corrected chi connectivity index (χ0v) is 32.3. The highest BCUT2D eigenvalue weighted by atomic mass is 16.5. The van der Waals surface area contributed by atoms with Gasteiger partial charge in [0.1, 0.15) is 22.7 Å². The first-order chi connectivity index (χ1) is 29.7. The van der Waals surface area contributed by atoms with Crippen molar-refractivity contribution in [2.75, 3.05) is 0 Å². The van der Waals surface area contributed by atoms with Crippen molar-refractivity contribution in [1.29, 1.82) is 0 Å². The lowest BCUT2D eigenvalue weighted by molar-refractivity contribution is 0.487. The zero-order chi connectivity index (χ0) is 39.6. The van der Waals surface area contributed by atoms with Crippen LogP contribution in [-0.2, 0) is 0 Å². The van der Waals surface area contributed by atoms with Crippen LogP contribution in [0.1, 0.15) is 0 Å². The Kier molecular flexibility index (Phi) is 7.82. The van der Waals surface area contributed by atoms with Crippen LogP contribution in [-0.4, -0.2) is 9.97 Å². The van der Waals surface area contributed by atoms with E-state index >= 15 is 0 Å². The van der Waals surface area contributed by atoms with E-state index in [0.717, 1.165) is 100 Å². The fourth-order valence-corrected chi connectivity index (χ4v) is 8.68. The lowest BCUT2D eigenvalue weighted by atomic mass is 9.91. The van der Waals surface area contributed by atoms with E-state index in [9.17, 15) is 0 Å². The van der Waals surface area contributed by atoms with Crippen molar-refractivity contribution in [3.05, 3.63) is 206 Å². The number of hydrogen-bond acceptors (Lipinski definition) is 4. The quantitative estimate of drug-likeness (QED) is 0.169. The molecule has 0 saturated carbocycles. The molecule has 0 bridgehead atoms. The summed E-state index contributed by atoms with van der Waals surface area (Å²) in [5.74, 6) is 2.39. The SMILES string of the molecule is c1ccc(-c2ccc(-c3cc(-c4cc(-c5ccc6c(c5)Oc5cccc7cccc-6c57)cc(-c5ccc6oc7ccccc7c6c5)c4)nc(-c4ccccc4)n3)cc2)cc1. The van der Waals surface area contributed by atoms with Crippen molar-refractivity contribution in [2.45, 2.75) is 0 Å². The monoisotopic (exact) mass is 766 g/mol. The topological polar surface area (TPSA) is 48.2 Å². The maximum atomic E-state index is 6.66. The Morgan fingerprint density at radius 2 is 0.917 bits per heavy atom. The van der Waals surface area contributed by atoms with Crippen LogP contribution in [0, 0.1) is 0 Å². The highest BCUT2D eigenvalue weighted by molar-refractivity contribution is 6.07. The van der Waals surface area contributed by atoms with Crippen LogP contribution in [0.15, 0.2) is 211 Å². The molecule has 0 aliphatic carbocycles. The van der Waals surface area contributed by atoms with E-state index in [2.05, 4.69) is 170 Å². The Bertz CT molecular complexity index is 3440. The molecule has 3 heterocycles. The molecule has 0 atom stereocenters. The molecule has 0 fully saturated rings. The zero-order valence-electron chi connectivity index (χ0n) is 32.3. The van der Waals surface area contributed by atoms with Crippen LogP contribution in [0.4, 0.5) is 0 Å². The second-order valence-corrected chi connectivity index (χ2v) is 15.4. The molecule has 0 spiro atoms. The molecular weight excluding hydrogens is 733 g/mol. The molecule has 4 heteroatoms. The average Bonchev–Trinajstić information content (AvgIpc) is 3.70. The molecule has 11 aromatic rings. The second kappa shape index (κ2) is 13.8. The molecular formula is C56H34N2O2. The summed E-state index contributed by atoms with van der Waals surface area (Å²) < 4.78 is 12.9. The van der Waals surface area contributed by atoms with E-state index < -0.39 is 0 Å². The summed E-state index contributed by atoms with van der Waals surface area (Å²) >= 11 is 0. The van der Waals surface area contributed by atoms with Crippen LogP contribution in [0.25, 0.3) is 111 Å². The number of aromatic nitrogens is 2. The second-order valence-electron chi connectivity index (χ2n) is 15.4. The number of para-hydroxylation sites is 1. The number of nitrogens with zero attached hydrogens (tertiary/aromatic N) is 2. The Balaban J connectivity index is 1.04. The Morgan fingerprint density at radius 3 is 1.72 bits per heavy atom. The Morgan fingerprint density at radius 1 is 0.317 bits per heavy atom. The molecule has 1 aliphatic rings. The summed E-state index contributed by atoms with van der Waals surface area (Å²) in [4.78, 5) is 10.4. The molecule has 9 aromatic carbocycles. The summed E-state index contributed by atoms with van der Waals surface area (Å²) in [5, 5.41) is 4.50. The van der Waals surface area contributed by atoms with E-state index in [4.69, 9.17) is 19.1 Å². The van der Waals surface area contributed by atoms with Gasteiger partial charge in [-0.2, -0.15) is 0 Å². The van der Waals surface area contributed by atoms with Gasteiger partial charge in [0.25, 0.3) is 0 Å². The molecule has 0 saturated heterocycles. The van der Waals surface area contributed by atoms with Crippen LogP contribution < -0.4 is 4.74 Å². The van der Waals surface area contributed by atoms with Crippen molar-refractivity contribution in [2.24, 2.45) is 0 Å². The number of benzene rings is 9. The van der Waals surface area contributed by atoms with E-state index in [1.165, 1.54) is 16.5 Å². The van der Waals surface area contributed by atoms with Gasteiger partial charge in [0.2, 0.25) is 0 Å². The highest BCUT2D eigenvalue weighted by Crippen LogP contribution is 2.48. The molecule has 0 amide bonds. The predicted octanol–water partition coefficient (Wildman–Crippen LogP) is 15.3. The van der Waals surface area contributed by atoms with Crippen molar-refractivity contribution < 1.29 is 9.15 Å². The van der Waals surface area contributed by atoms with Crippen LogP contribution >= 0.6 is 0 Å². The lowest BCUT2D eigenvalue weighted by Gasteiger charge is -2.22. The third kappa shape index (κ3) is 5.85. The third-order valence-electron chi connectivity index (χ3n) is 11.7. The molecule has 2 aromatic heterocycles. The number of fused-ring (bicyclic) bond motifs is 5. The minimum atomic E-state index is 0.670. The van der Waals surface area contributed by atoms with Gasteiger partial charge < -0.3 is 9.15 Å². The molecule has 0 radical (unpaired) electrons. The molecule has 280 valence electrons. The first-order valence-corrected chi connectivity index (χ1v) is 20.2. The van der Waals surface area contributed by atoms with Crippen LogP contribution in [0.5, 0.6) is 11.5 Å². The fraction of sp³-hybridized carbons (Fsp3) is 0. The lowest BCUT2D eigenvalue weighted by Crippen LogP contribution is -1.98. The molecule has 60 heavy (non-hydrogen) atoms. The fourth-order valence-electron chi connectivity index (χ4n) is 8.68. The van der Waals surface area contributed by atoms with Crippen LogP contribution in [0.2, 0.25) is 0 Å². The minimum absolute atomic E-state index is 0.670. The van der Waals surface area contributed by atoms with Gasteiger partial charge in [0.15, 0.2) is 5.82 Å². The van der Waals surface area contributed by atoms with Gasteiger partial charge in [0.05, 0.1) is 11.4 Å². The van der Waals surface area contributed by atoms with Gasteiger partial charge in [-0.05, 0) is 105 Å². The van der Waals surface area contributed by atoms with E-state index in [1.54, 1.807) is 0 Å². The smallest absolute Gasteiger partial charge is 0.160 e. The normalized spacial score (nSPS) is 11.8. The highest BCUT2D eigenvalue weighted by Gasteiger charge is 2.21. The summed E-state index contributed by atoms with van der Waals surface area (Å²) in [5.41, 5.74) is 15.2. The standard InChI is InChI=1S/C56H34N2O2/c1-3-11-35(12-4-1)36-21-23-37(24-22-36)49-34-50(58-56(57-49)39-13-5-2-6-14-39)44-30-42(40-26-28-52-48(32-40)45-17-7-8-19-51(45)59-52)29-43(31-44)41-25-27-46-47-18-9-15-38-16-10-20-53(55(38)47)60-54(46)33-41/h1-34H. The van der Waals surface area contributed by atoms with Gasteiger partial charge in [0, 0.05) is 38.4 Å². The van der Waals surface area contributed by atoms with E-state index in [-0.39, 0.29) is 0 Å². The molecule has 0 N–H and O–H groups in total. The number of rotatable bonds is 6. The summed E-state index contributed by atoms with van der Waals surface area (Å²) in [7, 11) is 0. The van der Waals surface area contributed by atoms with E-state index in [0.29, 0.717) is 5.82 Å². The van der Waals surface area contributed by atoms with Crippen molar-refractivity contribution in [3.63, 3.8) is 0 Å². The first-order valence-electron chi connectivity index (χ1n) is 20.2. The minimum Gasteiger partial charge on any atom is -0.456 e. The maximum Gasteiger partial charge on any atom is 0.160 e. The Labute approximate surface area is 346 Å².